The molecule has 0 saturated heterocycles. The average molecular weight is 389 g/mol. The Morgan fingerprint density at radius 1 is 1.04 bits per heavy atom. The monoisotopic (exact) mass is 389 g/mol. The Labute approximate surface area is 157 Å². The van der Waals surface area contributed by atoms with E-state index in [1.807, 2.05) is 6.92 Å². The highest BCUT2D eigenvalue weighted by Gasteiger charge is 2.16. The van der Waals surface area contributed by atoms with Crippen LogP contribution in [0.15, 0.2) is 58.5 Å². The number of rotatable bonds is 6. The van der Waals surface area contributed by atoms with Crippen molar-refractivity contribution in [3.05, 3.63) is 59.7 Å². The molecule has 142 valence electrons. The van der Waals surface area contributed by atoms with Crippen LogP contribution in [0.2, 0.25) is 0 Å². The lowest BCUT2D eigenvalue weighted by Crippen LogP contribution is -2.37. The van der Waals surface area contributed by atoms with E-state index in [0.29, 0.717) is 12.1 Å². The van der Waals surface area contributed by atoms with Crippen LogP contribution in [0.1, 0.15) is 18.1 Å². The summed E-state index contributed by atoms with van der Waals surface area (Å²) < 4.78 is 29.5. The van der Waals surface area contributed by atoms with Gasteiger partial charge in [0.25, 0.3) is 0 Å². The summed E-state index contributed by atoms with van der Waals surface area (Å²) in [6.07, 6.45) is 1.31. The van der Waals surface area contributed by atoms with Crippen molar-refractivity contribution in [2.75, 3.05) is 6.54 Å². The summed E-state index contributed by atoms with van der Waals surface area (Å²) in [5.41, 5.74) is 3.60. The Balaban J connectivity index is 1.98. The van der Waals surface area contributed by atoms with Gasteiger partial charge in [0.1, 0.15) is 10.6 Å². The van der Waals surface area contributed by atoms with Crippen molar-refractivity contribution < 1.29 is 22.2 Å². The van der Waals surface area contributed by atoms with Gasteiger partial charge in [-0.25, -0.2) is 5.43 Å². The van der Waals surface area contributed by atoms with E-state index in [9.17, 15) is 18.0 Å². The first kappa shape index (κ1) is 20.1. The van der Waals surface area contributed by atoms with Gasteiger partial charge in [-0.15, -0.1) is 0 Å². The van der Waals surface area contributed by atoms with Crippen LogP contribution in [0.4, 0.5) is 0 Å². The Morgan fingerprint density at radius 2 is 1.67 bits per heavy atom. The van der Waals surface area contributed by atoms with Gasteiger partial charge in [-0.1, -0.05) is 17.7 Å². The minimum absolute atomic E-state index is 0.0619. The van der Waals surface area contributed by atoms with Gasteiger partial charge in [0.2, 0.25) is 0 Å². The zero-order chi connectivity index (χ0) is 19.9. The number of nitrogens with one attached hydrogen (secondary N) is 2. The molecule has 0 atom stereocenters. The molecule has 0 aromatic heterocycles. The lowest BCUT2D eigenvalue weighted by atomic mass is 10.2. The summed E-state index contributed by atoms with van der Waals surface area (Å²) in [4.78, 5) is 22.7. The third kappa shape index (κ3) is 5.93. The largest absolute Gasteiger partial charge is 0.379 e. The second kappa shape index (κ2) is 8.95. The first-order valence-electron chi connectivity index (χ1n) is 8.04. The lowest BCUT2D eigenvalue weighted by Gasteiger charge is -2.07. The first-order valence-corrected chi connectivity index (χ1v) is 9.45. The number of hydrogen-bond acceptors (Lipinski definition) is 6. The number of amides is 2. The van der Waals surface area contributed by atoms with Crippen molar-refractivity contribution in [2.24, 2.45) is 5.10 Å². The van der Waals surface area contributed by atoms with E-state index < -0.39 is 21.9 Å². The van der Waals surface area contributed by atoms with Crippen LogP contribution in [0.5, 0.6) is 5.75 Å². The van der Waals surface area contributed by atoms with Crippen molar-refractivity contribution in [1.82, 2.24) is 10.7 Å². The number of nitrogens with zero attached hydrogens (tertiary/aromatic N) is 1. The highest BCUT2D eigenvalue weighted by atomic mass is 32.2. The van der Waals surface area contributed by atoms with Crippen LogP contribution in [-0.2, 0) is 19.7 Å². The zero-order valence-electron chi connectivity index (χ0n) is 14.8. The number of carbonyl (C=O) groups excluding carboxylic acids is 2. The highest BCUT2D eigenvalue weighted by molar-refractivity contribution is 7.87. The van der Waals surface area contributed by atoms with E-state index in [-0.39, 0.29) is 10.6 Å². The van der Waals surface area contributed by atoms with Gasteiger partial charge in [-0.3, -0.25) is 9.59 Å². The molecular formula is C18H19N3O5S. The third-order valence-corrected chi connectivity index (χ3v) is 4.58. The van der Waals surface area contributed by atoms with Gasteiger partial charge in [0.05, 0.1) is 6.21 Å². The summed E-state index contributed by atoms with van der Waals surface area (Å²) in [6.45, 7) is 3.89. The van der Waals surface area contributed by atoms with Crippen LogP contribution in [-0.4, -0.2) is 33.0 Å². The van der Waals surface area contributed by atoms with E-state index >= 15 is 0 Å². The Hall–Kier alpha value is -3.20. The second-order valence-electron chi connectivity index (χ2n) is 5.48. The average Bonchev–Trinajstić information content (AvgIpc) is 2.63. The molecule has 2 rings (SSSR count). The quantitative estimate of drug-likeness (QED) is 0.335. The molecule has 0 unspecified atom stereocenters. The normalized spacial score (nSPS) is 11.2. The molecule has 27 heavy (non-hydrogen) atoms. The number of hydrogen-bond donors (Lipinski definition) is 2. The molecule has 9 heteroatoms. The zero-order valence-corrected chi connectivity index (χ0v) is 15.6. The summed E-state index contributed by atoms with van der Waals surface area (Å²) >= 11 is 0. The molecule has 0 aliphatic rings. The van der Waals surface area contributed by atoms with Gasteiger partial charge in [-0.05, 0) is 55.8 Å². The SMILES string of the molecule is CCNC(=O)C(=O)N/N=C\c1ccc(OS(=O)(=O)c2ccc(C)cc2)cc1. The summed E-state index contributed by atoms with van der Waals surface area (Å²) in [5, 5.41) is 6.00. The molecule has 0 aliphatic heterocycles. The summed E-state index contributed by atoms with van der Waals surface area (Å²) in [6, 6.07) is 12.4. The molecule has 8 nitrogen and oxygen atoms in total. The van der Waals surface area contributed by atoms with Crippen molar-refractivity contribution in [1.29, 1.82) is 0 Å². The van der Waals surface area contributed by atoms with E-state index in [4.69, 9.17) is 4.18 Å². The molecule has 0 saturated carbocycles. The van der Waals surface area contributed by atoms with E-state index in [0.717, 1.165) is 5.56 Å². The lowest BCUT2D eigenvalue weighted by molar-refractivity contribution is -0.139. The van der Waals surface area contributed by atoms with Crippen LogP contribution < -0.4 is 14.9 Å². The summed E-state index contributed by atoms with van der Waals surface area (Å²) in [7, 11) is -3.92. The Kier molecular flexibility index (Phi) is 6.67. The van der Waals surface area contributed by atoms with E-state index in [1.54, 1.807) is 31.2 Å². The minimum Gasteiger partial charge on any atom is -0.379 e. The standard InChI is InChI=1S/C18H19N3O5S/c1-3-19-17(22)18(23)21-20-12-14-6-8-15(9-7-14)26-27(24,25)16-10-4-13(2)5-11-16/h4-12H,3H2,1-2H3,(H,19,22)(H,21,23)/b20-12-. The molecule has 0 spiro atoms. The van der Waals surface area contributed by atoms with E-state index in [2.05, 4.69) is 15.8 Å². The van der Waals surface area contributed by atoms with Crippen LogP contribution >= 0.6 is 0 Å². The van der Waals surface area contributed by atoms with Gasteiger partial charge >= 0.3 is 21.9 Å². The third-order valence-electron chi connectivity index (χ3n) is 3.32. The Morgan fingerprint density at radius 3 is 2.26 bits per heavy atom. The fraction of sp³-hybridized carbons (Fsp3) is 0.167. The molecule has 2 N–H and O–H groups in total. The number of carbonyl (C=O) groups is 2. The van der Waals surface area contributed by atoms with Crippen molar-refractivity contribution in [2.45, 2.75) is 18.7 Å². The molecular weight excluding hydrogens is 370 g/mol. The maximum Gasteiger partial charge on any atom is 0.339 e. The molecule has 2 aromatic carbocycles. The van der Waals surface area contributed by atoms with Crippen LogP contribution in [0, 0.1) is 6.92 Å². The van der Waals surface area contributed by atoms with Crippen molar-refractivity contribution in [3.63, 3.8) is 0 Å². The highest BCUT2D eigenvalue weighted by Crippen LogP contribution is 2.19. The van der Waals surface area contributed by atoms with Crippen LogP contribution in [0.3, 0.4) is 0 Å². The maximum atomic E-state index is 12.2. The molecule has 2 amide bonds. The molecule has 0 aliphatic carbocycles. The minimum atomic E-state index is -3.92. The molecule has 2 aromatic rings. The number of hydrazone groups is 1. The number of likely N-dealkylation sites (N-methyl/N-ethyl adjacent to an activating group) is 1. The van der Waals surface area contributed by atoms with Gasteiger partial charge in [0, 0.05) is 6.54 Å². The molecule has 0 bridgehead atoms. The maximum absolute atomic E-state index is 12.2. The van der Waals surface area contributed by atoms with Crippen molar-refractivity contribution in [3.8, 4) is 5.75 Å². The Bertz CT molecular complexity index is 936. The van der Waals surface area contributed by atoms with Gasteiger partial charge < -0.3 is 9.50 Å². The van der Waals surface area contributed by atoms with E-state index in [1.165, 1.54) is 30.5 Å². The molecule has 0 fully saturated rings. The topological polar surface area (TPSA) is 114 Å². The molecule has 0 heterocycles. The smallest absolute Gasteiger partial charge is 0.339 e. The van der Waals surface area contributed by atoms with Gasteiger partial charge in [0.15, 0.2) is 0 Å². The number of aryl methyl sites for hydroxylation is 1. The van der Waals surface area contributed by atoms with Crippen molar-refractivity contribution >= 4 is 28.1 Å². The second-order valence-corrected chi connectivity index (χ2v) is 7.02. The number of benzene rings is 2. The first-order chi connectivity index (χ1) is 12.8. The van der Waals surface area contributed by atoms with Gasteiger partial charge in [-0.2, -0.15) is 13.5 Å². The van der Waals surface area contributed by atoms with Crippen LogP contribution in [0.25, 0.3) is 0 Å². The molecule has 0 radical (unpaired) electrons. The fourth-order valence-electron chi connectivity index (χ4n) is 1.95. The fourth-order valence-corrected chi connectivity index (χ4v) is 2.88. The summed E-state index contributed by atoms with van der Waals surface area (Å²) in [5.74, 6) is -1.52. The predicted octanol–water partition coefficient (Wildman–Crippen LogP) is 1.35. The predicted molar refractivity (Wildman–Crippen MR) is 99.9 cm³/mol.